The Labute approximate surface area is 247 Å². The maximum atomic E-state index is 6.35. The summed E-state index contributed by atoms with van der Waals surface area (Å²) in [6, 6.07) is 46.6. The van der Waals surface area contributed by atoms with E-state index in [1.165, 1.54) is 0 Å². The minimum atomic E-state index is 0.838. The third kappa shape index (κ3) is 3.74. The standard InChI is InChI=1S/C39H24N2O2/c1-2-8-25(9-3-1)29-10-4-6-12-34(29)41(28-17-18-31-30-11-5-7-13-35(30)43-38(31)23-28)27-16-14-26-15-19-37-39(32(26)22-27)33-24-40-21-20-36(33)42-37/h1-24H. The average molecular weight is 553 g/mol. The molecule has 0 saturated heterocycles. The van der Waals surface area contributed by atoms with Crippen LogP contribution in [0.4, 0.5) is 17.1 Å². The van der Waals surface area contributed by atoms with E-state index in [2.05, 4.69) is 125 Å². The van der Waals surface area contributed by atoms with Gasteiger partial charge in [-0.1, -0.05) is 78.9 Å². The van der Waals surface area contributed by atoms with E-state index >= 15 is 0 Å². The highest BCUT2D eigenvalue weighted by molar-refractivity contribution is 6.19. The molecule has 0 saturated carbocycles. The monoisotopic (exact) mass is 552 g/mol. The molecule has 0 N–H and O–H groups in total. The van der Waals surface area contributed by atoms with Gasteiger partial charge in [0.15, 0.2) is 0 Å². The van der Waals surface area contributed by atoms with E-state index < -0.39 is 0 Å². The van der Waals surface area contributed by atoms with Gasteiger partial charge in [-0.2, -0.15) is 0 Å². The van der Waals surface area contributed by atoms with Gasteiger partial charge in [-0.15, -0.1) is 0 Å². The van der Waals surface area contributed by atoms with Crippen LogP contribution in [-0.4, -0.2) is 4.98 Å². The molecule has 0 aliphatic carbocycles. The lowest BCUT2D eigenvalue weighted by atomic mass is 10.00. The Morgan fingerprint density at radius 2 is 1.21 bits per heavy atom. The lowest BCUT2D eigenvalue weighted by Gasteiger charge is -2.28. The van der Waals surface area contributed by atoms with Crippen molar-refractivity contribution in [3.63, 3.8) is 0 Å². The Hall–Kier alpha value is -5.87. The van der Waals surface area contributed by atoms with Crippen LogP contribution in [0, 0.1) is 0 Å². The lowest BCUT2D eigenvalue weighted by molar-refractivity contribution is 0.668. The van der Waals surface area contributed by atoms with Gasteiger partial charge in [-0.05, 0) is 64.9 Å². The van der Waals surface area contributed by atoms with Crippen LogP contribution in [-0.2, 0) is 0 Å². The average Bonchev–Trinajstić information content (AvgIpc) is 3.64. The second kappa shape index (κ2) is 9.33. The molecule has 0 atom stereocenters. The number of nitrogens with zero attached hydrogens (tertiary/aromatic N) is 2. The first-order valence-electron chi connectivity index (χ1n) is 14.4. The topological polar surface area (TPSA) is 42.4 Å². The van der Waals surface area contributed by atoms with Crippen LogP contribution >= 0.6 is 0 Å². The summed E-state index contributed by atoms with van der Waals surface area (Å²) in [5.41, 5.74) is 8.87. The molecule has 0 unspecified atom stereocenters. The van der Waals surface area contributed by atoms with Crippen molar-refractivity contribution in [1.82, 2.24) is 4.98 Å². The van der Waals surface area contributed by atoms with Crippen molar-refractivity contribution in [2.24, 2.45) is 0 Å². The van der Waals surface area contributed by atoms with Crippen molar-refractivity contribution in [3.8, 4) is 11.1 Å². The Morgan fingerprint density at radius 3 is 2.16 bits per heavy atom. The van der Waals surface area contributed by atoms with Gasteiger partial charge in [0.1, 0.15) is 22.3 Å². The molecule has 0 amide bonds. The minimum Gasteiger partial charge on any atom is -0.456 e. The van der Waals surface area contributed by atoms with Crippen LogP contribution in [0.15, 0.2) is 155 Å². The zero-order valence-electron chi connectivity index (χ0n) is 23.1. The zero-order chi connectivity index (χ0) is 28.3. The van der Waals surface area contributed by atoms with Gasteiger partial charge in [0.2, 0.25) is 0 Å². The molecular formula is C39H24N2O2. The van der Waals surface area contributed by atoms with Gasteiger partial charge in [0.05, 0.1) is 5.69 Å². The first-order valence-corrected chi connectivity index (χ1v) is 14.4. The fraction of sp³-hybridized carbons (Fsp3) is 0. The fourth-order valence-electron chi connectivity index (χ4n) is 6.38. The number of para-hydroxylation sites is 2. The second-order valence-electron chi connectivity index (χ2n) is 10.8. The van der Waals surface area contributed by atoms with E-state index in [0.717, 1.165) is 82.8 Å². The van der Waals surface area contributed by atoms with Crippen LogP contribution in [0.3, 0.4) is 0 Å². The molecule has 43 heavy (non-hydrogen) atoms. The molecule has 9 aromatic rings. The molecular weight excluding hydrogens is 528 g/mol. The van der Waals surface area contributed by atoms with Gasteiger partial charge in [-0.25, -0.2) is 0 Å². The highest BCUT2D eigenvalue weighted by Crippen LogP contribution is 2.44. The zero-order valence-corrected chi connectivity index (χ0v) is 23.1. The van der Waals surface area contributed by atoms with E-state index in [0.29, 0.717) is 0 Å². The number of aromatic nitrogens is 1. The van der Waals surface area contributed by atoms with Crippen LogP contribution in [0.1, 0.15) is 0 Å². The number of furan rings is 2. The third-order valence-electron chi connectivity index (χ3n) is 8.35. The summed E-state index contributed by atoms with van der Waals surface area (Å²) < 4.78 is 12.6. The van der Waals surface area contributed by atoms with Gasteiger partial charge in [-0.3, -0.25) is 4.98 Å². The summed E-state index contributed by atoms with van der Waals surface area (Å²) >= 11 is 0. The summed E-state index contributed by atoms with van der Waals surface area (Å²) in [7, 11) is 0. The van der Waals surface area contributed by atoms with Crippen molar-refractivity contribution in [1.29, 1.82) is 0 Å². The Kier molecular flexibility index (Phi) is 5.16. The summed E-state index contributed by atoms with van der Waals surface area (Å²) in [6.45, 7) is 0. The molecule has 3 aromatic heterocycles. The summed E-state index contributed by atoms with van der Waals surface area (Å²) in [4.78, 5) is 6.73. The number of hydrogen-bond acceptors (Lipinski definition) is 4. The molecule has 202 valence electrons. The third-order valence-corrected chi connectivity index (χ3v) is 8.35. The molecule has 0 radical (unpaired) electrons. The first kappa shape index (κ1) is 23.8. The number of rotatable bonds is 4. The van der Waals surface area contributed by atoms with Crippen molar-refractivity contribution in [3.05, 3.63) is 146 Å². The molecule has 4 nitrogen and oxygen atoms in total. The molecule has 0 bridgehead atoms. The molecule has 6 aromatic carbocycles. The second-order valence-corrected chi connectivity index (χ2v) is 10.8. The number of fused-ring (bicyclic) bond motifs is 8. The predicted molar refractivity (Wildman–Crippen MR) is 176 cm³/mol. The molecule has 0 aliphatic rings. The van der Waals surface area contributed by atoms with Crippen LogP contribution in [0.5, 0.6) is 0 Å². The lowest BCUT2D eigenvalue weighted by Crippen LogP contribution is -2.11. The maximum absolute atomic E-state index is 6.35. The highest BCUT2D eigenvalue weighted by atomic mass is 16.3. The molecule has 3 heterocycles. The molecule has 0 spiro atoms. The fourth-order valence-corrected chi connectivity index (χ4v) is 6.38. The van der Waals surface area contributed by atoms with E-state index in [4.69, 9.17) is 8.83 Å². The van der Waals surface area contributed by atoms with Gasteiger partial charge >= 0.3 is 0 Å². The van der Waals surface area contributed by atoms with Crippen molar-refractivity contribution in [2.45, 2.75) is 0 Å². The summed E-state index contributed by atoms with van der Waals surface area (Å²) in [5.74, 6) is 0. The summed E-state index contributed by atoms with van der Waals surface area (Å²) in [5, 5.41) is 6.58. The number of pyridine rings is 1. The normalized spacial score (nSPS) is 11.7. The van der Waals surface area contributed by atoms with Gasteiger partial charge in [0, 0.05) is 56.9 Å². The van der Waals surface area contributed by atoms with Crippen molar-refractivity contribution in [2.75, 3.05) is 4.90 Å². The smallest absolute Gasteiger partial charge is 0.138 e. The Bertz CT molecular complexity index is 2470. The predicted octanol–water partition coefficient (Wildman–Crippen LogP) is 11.2. The van der Waals surface area contributed by atoms with E-state index in [1.807, 2.05) is 24.4 Å². The van der Waals surface area contributed by atoms with E-state index in [1.54, 1.807) is 6.20 Å². The number of hydrogen-bond donors (Lipinski definition) is 0. The summed E-state index contributed by atoms with van der Waals surface area (Å²) in [6.07, 6.45) is 3.67. The molecule has 0 aliphatic heterocycles. The SMILES string of the molecule is c1ccc(-c2ccccc2N(c2ccc3c(c2)oc2ccccc23)c2ccc3ccc4oc5ccncc5c4c3c2)cc1. The maximum Gasteiger partial charge on any atom is 0.138 e. The Balaban J connectivity index is 1.33. The van der Waals surface area contributed by atoms with E-state index in [-0.39, 0.29) is 0 Å². The quantitative estimate of drug-likeness (QED) is 0.218. The first-order chi connectivity index (χ1) is 21.3. The highest BCUT2D eigenvalue weighted by Gasteiger charge is 2.20. The van der Waals surface area contributed by atoms with Crippen LogP contribution in [0.25, 0.3) is 65.8 Å². The number of anilines is 3. The van der Waals surface area contributed by atoms with Crippen molar-refractivity contribution < 1.29 is 8.83 Å². The van der Waals surface area contributed by atoms with Gasteiger partial charge in [0.25, 0.3) is 0 Å². The largest absolute Gasteiger partial charge is 0.456 e. The molecule has 9 rings (SSSR count). The number of benzene rings is 6. The van der Waals surface area contributed by atoms with Crippen LogP contribution < -0.4 is 4.90 Å². The molecule has 4 heteroatoms. The minimum absolute atomic E-state index is 0.838. The van der Waals surface area contributed by atoms with E-state index in [9.17, 15) is 0 Å². The molecule has 0 fully saturated rings. The Morgan fingerprint density at radius 1 is 0.488 bits per heavy atom. The van der Waals surface area contributed by atoms with Crippen LogP contribution in [0.2, 0.25) is 0 Å². The van der Waals surface area contributed by atoms with Gasteiger partial charge < -0.3 is 13.7 Å². The van der Waals surface area contributed by atoms with Crippen molar-refractivity contribution >= 4 is 71.7 Å².